The number of ether oxygens (including phenoxy) is 1. The number of piperazine rings is 1. The Morgan fingerprint density at radius 2 is 1.90 bits per heavy atom. The Morgan fingerprint density at radius 1 is 1.16 bits per heavy atom. The van der Waals surface area contributed by atoms with Gasteiger partial charge in [0.25, 0.3) is 5.91 Å². The van der Waals surface area contributed by atoms with Gasteiger partial charge in [-0.05, 0) is 37.5 Å². The number of rotatable bonds is 5. The van der Waals surface area contributed by atoms with Crippen molar-refractivity contribution in [3.8, 4) is 0 Å². The number of hydrogen-bond donors (Lipinski definition) is 1. The van der Waals surface area contributed by atoms with E-state index in [9.17, 15) is 4.79 Å². The molecule has 7 nitrogen and oxygen atoms in total. The SMILES string of the molecule is CCNC(=NCc1cccc(N2CC=CC2)c1)N1CCN(C(=O)C2CCCO2)CC1.I. The number of halogens is 1. The third-order valence-corrected chi connectivity index (χ3v) is 5.94. The third-order valence-electron chi connectivity index (χ3n) is 5.94. The van der Waals surface area contributed by atoms with E-state index in [0.717, 1.165) is 64.6 Å². The standard InChI is InChI=1S/C23H33N5O2.HI/c1-2-24-23(25-18-19-7-5-8-20(17-19)26-10-3-4-11-26)28-14-12-27(13-15-28)22(29)21-9-6-16-30-21;/h3-5,7-8,17,21H,2,6,9-16,18H2,1H3,(H,24,25);1H. The van der Waals surface area contributed by atoms with E-state index < -0.39 is 0 Å². The first-order valence-electron chi connectivity index (χ1n) is 11.2. The molecule has 8 heteroatoms. The van der Waals surface area contributed by atoms with Crippen LogP contribution in [0.4, 0.5) is 5.69 Å². The fraction of sp³-hybridized carbons (Fsp3) is 0.565. The molecule has 3 aliphatic heterocycles. The van der Waals surface area contributed by atoms with Gasteiger partial charge >= 0.3 is 0 Å². The van der Waals surface area contributed by atoms with Crippen molar-refractivity contribution in [3.05, 3.63) is 42.0 Å². The minimum Gasteiger partial charge on any atom is -0.368 e. The molecule has 4 rings (SSSR count). The summed E-state index contributed by atoms with van der Waals surface area (Å²) in [5.74, 6) is 1.08. The number of aliphatic imine (C=N–C) groups is 1. The molecular formula is C23H34IN5O2. The van der Waals surface area contributed by atoms with Gasteiger partial charge < -0.3 is 24.8 Å². The molecule has 1 N–H and O–H groups in total. The number of hydrogen-bond acceptors (Lipinski definition) is 4. The lowest BCUT2D eigenvalue weighted by molar-refractivity contribution is -0.142. The average molecular weight is 539 g/mol. The van der Waals surface area contributed by atoms with Gasteiger partial charge in [-0.2, -0.15) is 0 Å². The molecule has 0 spiro atoms. The van der Waals surface area contributed by atoms with Crippen molar-refractivity contribution in [2.45, 2.75) is 32.4 Å². The summed E-state index contributed by atoms with van der Waals surface area (Å²) in [6.07, 6.45) is 6.03. The lowest BCUT2D eigenvalue weighted by atomic mass is 10.2. The number of carbonyl (C=O) groups excluding carboxylic acids is 1. The zero-order chi connectivity index (χ0) is 20.8. The molecule has 31 heavy (non-hydrogen) atoms. The number of guanidine groups is 1. The Balaban J connectivity index is 0.00000272. The molecule has 1 amide bonds. The van der Waals surface area contributed by atoms with Crippen molar-refractivity contribution in [2.75, 3.05) is 57.3 Å². The van der Waals surface area contributed by atoms with Gasteiger partial charge in [0.1, 0.15) is 6.10 Å². The van der Waals surface area contributed by atoms with Crippen molar-refractivity contribution in [1.82, 2.24) is 15.1 Å². The van der Waals surface area contributed by atoms with Crippen LogP contribution < -0.4 is 10.2 Å². The van der Waals surface area contributed by atoms with Crippen molar-refractivity contribution < 1.29 is 9.53 Å². The maximum Gasteiger partial charge on any atom is 0.251 e. The third kappa shape index (κ3) is 6.12. The first kappa shape index (κ1) is 23.8. The van der Waals surface area contributed by atoms with Gasteiger partial charge in [-0.25, -0.2) is 4.99 Å². The van der Waals surface area contributed by atoms with Gasteiger partial charge in [0, 0.05) is 58.1 Å². The Morgan fingerprint density at radius 3 is 2.58 bits per heavy atom. The number of amides is 1. The zero-order valence-electron chi connectivity index (χ0n) is 18.3. The number of nitrogens with zero attached hydrogens (tertiary/aromatic N) is 4. The maximum atomic E-state index is 12.6. The molecule has 0 bridgehead atoms. The predicted octanol–water partition coefficient (Wildman–Crippen LogP) is 2.47. The second-order valence-electron chi connectivity index (χ2n) is 8.03. The second kappa shape index (κ2) is 11.7. The highest BCUT2D eigenvalue weighted by molar-refractivity contribution is 14.0. The largest absolute Gasteiger partial charge is 0.368 e. The number of carbonyl (C=O) groups is 1. The molecule has 1 aromatic rings. The average Bonchev–Trinajstić information content (AvgIpc) is 3.51. The number of benzene rings is 1. The van der Waals surface area contributed by atoms with E-state index in [2.05, 4.69) is 58.5 Å². The van der Waals surface area contributed by atoms with Gasteiger partial charge in [0.05, 0.1) is 6.54 Å². The molecule has 1 atom stereocenters. The topological polar surface area (TPSA) is 60.4 Å². The second-order valence-corrected chi connectivity index (χ2v) is 8.03. The van der Waals surface area contributed by atoms with Gasteiger partial charge in [0.15, 0.2) is 5.96 Å². The molecule has 170 valence electrons. The molecule has 1 aromatic carbocycles. The number of nitrogens with one attached hydrogen (secondary N) is 1. The summed E-state index contributed by atoms with van der Waals surface area (Å²) in [7, 11) is 0. The summed E-state index contributed by atoms with van der Waals surface area (Å²) in [5.41, 5.74) is 2.46. The minimum atomic E-state index is -0.225. The highest BCUT2D eigenvalue weighted by Crippen LogP contribution is 2.19. The molecule has 2 fully saturated rings. The van der Waals surface area contributed by atoms with E-state index >= 15 is 0 Å². The van der Waals surface area contributed by atoms with Gasteiger partial charge in [-0.15, -0.1) is 24.0 Å². The molecule has 0 radical (unpaired) electrons. The van der Waals surface area contributed by atoms with Crippen LogP contribution in [0.2, 0.25) is 0 Å². The Bertz CT molecular complexity index is 778. The van der Waals surface area contributed by atoms with Crippen LogP contribution >= 0.6 is 24.0 Å². The minimum absolute atomic E-state index is 0. The summed E-state index contributed by atoms with van der Waals surface area (Å²) in [6, 6.07) is 8.65. The van der Waals surface area contributed by atoms with E-state index in [1.165, 1.54) is 11.3 Å². The smallest absolute Gasteiger partial charge is 0.251 e. The summed E-state index contributed by atoms with van der Waals surface area (Å²) in [5, 5.41) is 3.42. The van der Waals surface area contributed by atoms with Crippen LogP contribution in [0.15, 0.2) is 41.4 Å². The lowest BCUT2D eigenvalue weighted by Crippen LogP contribution is -2.55. The zero-order valence-corrected chi connectivity index (χ0v) is 20.7. The Labute approximate surface area is 202 Å². The molecule has 3 heterocycles. The Hall–Kier alpha value is -1.81. The van der Waals surface area contributed by atoms with Crippen LogP contribution in [0.25, 0.3) is 0 Å². The van der Waals surface area contributed by atoms with E-state index in [4.69, 9.17) is 9.73 Å². The first-order valence-corrected chi connectivity index (χ1v) is 11.2. The summed E-state index contributed by atoms with van der Waals surface area (Å²) in [6.45, 7) is 9.26. The fourth-order valence-corrected chi connectivity index (χ4v) is 4.25. The van der Waals surface area contributed by atoms with Crippen LogP contribution in [0, 0.1) is 0 Å². The van der Waals surface area contributed by atoms with Crippen molar-refractivity contribution >= 4 is 41.5 Å². The first-order chi connectivity index (χ1) is 14.7. The molecule has 3 aliphatic rings. The van der Waals surface area contributed by atoms with Crippen LogP contribution in [-0.4, -0.2) is 80.2 Å². The van der Waals surface area contributed by atoms with Gasteiger partial charge in [0.2, 0.25) is 0 Å². The van der Waals surface area contributed by atoms with E-state index in [1.807, 2.05) is 4.90 Å². The molecule has 0 aromatic heterocycles. The summed E-state index contributed by atoms with van der Waals surface area (Å²) in [4.78, 5) is 24.0. The monoisotopic (exact) mass is 539 g/mol. The van der Waals surface area contributed by atoms with E-state index in [0.29, 0.717) is 13.2 Å². The lowest BCUT2D eigenvalue weighted by Gasteiger charge is -2.37. The maximum absolute atomic E-state index is 12.6. The van der Waals surface area contributed by atoms with Crippen LogP contribution in [0.3, 0.4) is 0 Å². The number of anilines is 1. The quantitative estimate of drug-likeness (QED) is 0.270. The summed E-state index contributed by atoms with van der Waals surface area (Å²) < 4.78 is 5.57. The molecule has 2 saturated heterocycles. The van der Waals surface area contributed by atoms with E-state index in [1.54, 1.807) is 0 Å². The Kier molecular flexibility index (Phi) is 9.01. The fourth-order valence-electron chi connectivity index (χ4n) is 4.25. The highest BCUT2D eigenvalue weighted by Gasteiger charge is 2.30. The molecule has 1 unspecified atom stereocenters. The van der Waals surface area contributed by atoms with Crippen LogP contribution in [0.1, 0.15) is 25.3 Å². The van der Waals surface area contributed by atoms with Crippen molar-refractivity contribution in [1.29, 1.82) is 0 Å². The molecular weight excluding hydrogens is 505 g/mol. The molecule has 0 aliphatic carbocycles. The van der Waals surface area contributed by atoms with Gasteiger partial charge in [-0.1, -0.05) is 24.3 Å². The normalized spacial score (nSPS) is 21.4. The van der Waals surface area contributed by atoms with Crippen molar-refractivity contribution in [3.63, 3.8) is 0 Å². The van der Waals surface area contributed by atoms with E-state index in [-0.39, 0.29) is 36.0 Å². The van der Waals surface area contributed by atoms with Crippen molar-refractivity contribution in [2.24, 2.45) is 4.99 Å². The van der Waals surface area contributed by atoms with Crippen LogP contribution in [-0.2, 0) is 16.1 Å². The molecule has 0 saturated carbocycles. The van der Waals surface area contributed by atoms with Crippen LogP contribution in [0.5, 0.6) is 0 Å². The predicted molar refractivity (Wildman–Crippen MR) is 135 cm³/mol. The summed E-state index contributed by atoms with van der Waals surface area (Å²) >= 11 is 0. The van der Waals surface area contributed by atoms with Gasteiger partial charge in [-0.3, -0.25) is 4.79 Å². The highest BCUT2D eigenvalue weighted by atomic mass is 127.